The van der Waals surface area contributed by atoms with Gasteiger partial charge in [0.1, 0.15) is 0 Å². The van der Waals surface area contributed by atoms with Crippen LogP contribution >= 0.6 is 0 Å². The van der Waals surface area contributed by atoms with Crippen molar-refractivity contribution in [2.45, 2.75) is 65.3 Å². The van der Waals surface area contributed by atoms with Crippen LogP contribution < -0.4 is 5.32 Å². The van der Waals surface area contributed by atoms with Crippen molar-refractivity contribution >= 4 is 0 Å². The molecule has 2 fully saturated rings. The van der Waals surface area contributed by atoms with Crippen molar-refractivity contribution in [3.63, 3.8) is 0 Å². The molecule has 0 spiro atoms. The van der Waals surface area contributed by atoms with Crippen LogP contribution in [0.25, 0.3) is 0 Å². The van der Waals surface area contributed by atoms with Crippen LogP contribution in [-0.4, -0.2) is 37.1 Å². The third-order valence-electron chi connectivity index (χ3n) is 5.37. The molecular formula is C17H34N2. The summed E-state index contributed by atoms with van der Waals surface area (Å²) >= 11 is 0. The van der Waals surface area contributed by atoms with Gasteiger partial charge in [0.05, 0.1) is 0 Å². The summed E-state index contributed by atoms with van der Waals surface area (Å²) in [7, 11) is 0. The first kappa shape index (κ1) is 15.3. The van der Waals surface area contributed by atoms with E-state index in [4.69, 9.17) is 0 Å². The number of piperidine rings is 1. The molecule has 4 unspecified atom stereocenters. The third kappa shape index (κ3) is 4.46. The van der Waals surface area contributed by atoms with Gasteiger partial charge in [0.25, 0.3) is 0 Å². The van der Waals surface area contributed by atoms with Crippen LogP contribution in [-0.2, 0) is 0 Å². The number of rotatable bonds is 5. The Kier molecular flexibility index (Phi) is 6.15. The summed E-state index contributed by atoms with van der Waals surface area (Å²) in [5.41, 5.74) is 0. The average molecular weight is 266 g/mol. The highest BCUT2D eigenvalue weighted by Gasteiger charge is 2.31. The lowest BCUT2D eigenvalue weighted by atomic mass is 9.76. The zero-order valence-corrected chi connectivity index (χ0v) is 13.3. The first-order chi connectivity index (χ1) is 9.22. The topological polar surface area (TPSA) is 15.3 Å². The lowest BCUT2D eigenvalue weighted by Gasteiger charge is -2.41. The molecule has 0 bridgehead atoms. The second-order valence-electron chi connectivity index (χ2n) is 7.02. The van der Waals surface area contributed by atoms with Crippen LogP contribution in [0.5, 0.6) is 0 Å². The molecule has 0 aromatic heterocycles. The van der Waals surface area contributed by atoms with E-state index in [0.717, 1.165) is 30.3 Å². The molecule has 0 amide bonds. The molecule has 1 heterocycles. The number of hydrogen-bond acceptors (Lipinski definition) is 2. The van der Waals surface area contributed by atoms with Gasteiger partial charge in [-0.1, -0.05) is 27.2 Å². The molecule has 2 nitrogen and oxygen atoms in total. The summed E-state index contributed by atoms with van der Waals surface area (Å²) < 4.78 is 0. The molecule has 1 saturated carbocycles. The molecular weight excluding hydrogens is 232 g/mol. The summed E-state index contributed by atoms with van der Waals surface area (Å²) in [5.74, 6) is 2.79. The summed E-state index contributed by atoms with van der Waals surface area (Å²) in [4.78, 5) is 2.75. The smallest absolute Gasteiger partial charge is 0.0108 e. The molecule has 1 saturated heterocycles. The molecule has 2 rings (SSSR count). The number of likely N-dealkylation sites (tertiary alicyclic amines) is 1. The third-order valence-corrected chi connectivity index (χ3v) is 5.37. The SMILES string of the molecule is CCNC1CCC(CC)CC1CN1CCCC(C)C1. The highest BCUT2D eigenvalue weighted by atomic mass is 15.1. The molecule has 4 atom stereocenters. The largest absolute Gasteiger partial charge is 0.314 e. The molecule has 0 aromatic rings. The van der Waals surface area contributed by atoms with Crippen LogP contribution in [0.2, 0.25) is 0 Å². The van der Waals surface area contributed by atoms with Crippen LogP contribution in [0.1, 0.15) is 59.3 Å². The molecule has 1 N–H and O–H groups in total. The molecule has 1 aliphatic heterocycles. The standard InChI is InChI=1S/C17H34N2/c1-4-15-8-9-17(18-5-2)16(11-15)13-19-10-6-7-14(3)12-19/h14-18H,4-13H2,1-3H3. The molecule has 0 radical (unpaired) electrons. The van der Waals surface area contributed by atoms with E-state index < -0.39 is 0 Å². The number of nitrogens with zero attached hydrogens (tertiary/aromatic N) is 1. The maximum Gasteiger partial charge on any atom is 0.0108 e. The Labute approximate surface area is 120 Å². The minimum atomic E-state index is 0.782. The fraction of sp³-hybridized carbons (Fsp3) is 1.00. The Morgan fingerprint density at radius 3 is 2.68 bits per heavy atom. The van der Waals surface area contributed by atoms with Gasteiger partial charge in [-0.05, 0) is 62.9 Å². The zero-order chi connectivity index (χ0) is 13.7. The quantitative estimate of drug-likeness (QED) is 0.819. The monoisotopic (exact) mass is 266 g/mol. The van der Waals surface area contributed by atoms with Gasteiger partial charge in [-0.3, -0.25) is 0 Å². The molecule has 1 aliphatic carbocycles. The van der Waals surface area contributed by atoms with Gasteiger partial charge in [-0.2, -0.15) is 0 Å². The molecule has 2 aliphatic rings. The minimum Gasteiger partial charge on any atom is -0.314 e. The molecule has 112 valence electrons. The molecule has 2 heteroatoms. The van der Waals surface area contributed by atoms with E-state index in [1.54, 1.807) is 0 Å². The van der Waals surface area contributed by atoms with E-state index in [1.165, 1.54) is 58.2 Å². The van der Waals surface area contributed by atoms with Gasteiger partial charge in [0, 0.05) is 19.1 Å². The van der Waals surface area contributed by atoms with Crippen LogP contribution in [0.3, 0.4) is 0 Å². The maximum absolute atomic E-state index is 3.75. The minimum absolute atomic E-state index is 0.782. The van der Waals surface area contributed by atoms with E-state index in [0.29, 0.717) is 0 Å². The van der Waals surface area contributed by atoms with Gasteiger partial charge in [-0.25, -0.2) is 0 Å². The Morgan fingerprint density at radius 2 is 2.00 bits per heavy atom. The Morgan fingerprint density at radius 1 is 1.16 bits per heavy atom. The summed E-state index contributed by atoms with van der Waals surface area (Å²) in [5, 5.41) is 3.75. The second kappa shape index (κ2) is 7.64. The van der Waals surface area contributed by atoms with Crippen molar-refractivity contribution in [3.8, 4) is 0 Å². The van der Waals surface area contributed by atoms with E-state index >= 15 is 0 Å². The van der Waals surface area contributed by atoms with E-state index in [1.807, 2.05) is 0 Å². The first-order valence-corrected chi connectivity index (χ1v) is 8.68. The van der Waals surface area contributed by atoms with Crippen molar-refractivity contribution in [3.05, 3.63) is 0 Å². The first-order valence-electron chi connectivity index (χ1n) is 8.68. The predicted molar refractivity (Wildman–Crippen MR) is 83.4 cm³/mol. The summed E-state index contributed by atoms with van der Waals surface area (Å²) in [6.45, 7) is 12.2. The Bertz CT molecular complexity index is 254. The fourth-order valence-corrected chi connectivity index (χ4v) is 4.25. The van der Waals surface area contributed by atoms with Crippen LogP contribution in [0, 0.1) is 17.8 Å². The van der Waals surface area contributed by atoms with Crippen molar-refractivity contribution in [2.24, 2.45) is 17.8 Å². The second-order valence-corrected chi connectivity index (χ2v) is 7.02. The van der Waals surface area contributed by atoms with Crippen molar-refractivity contribution in [1.82, 2.24) is 10.2 Å². The van der Waals surface area contributed by atoms with Gasteiger partial charge in [0.2, 0.25) is 0 Å². The highest BCUT2D eigenvalue weighted by Crippen LogP contribution is 2.32. The normalized spacial score (nSPS) is 37.4. The van der Waals surface area contributed by atoms with Crippen LogP contribution in [0.15, 0.2) is 0 Å². The summed E-state index contributed by atoms with van der Waals surface area (Å²) in [6.07, 6.45) is 8.54. The van der Waals surface area contributed by atoms with Gasteiger partial charge in [-0.15, -0.1) is 0 Å². The maximum atomic E-state index is 3.75. The average Bonchev–Trinajstić information content (AvgIpc) is 2.41. The van der Waals surface area contributed by atoms with E-state index in [9.17, 15) is 0 Å². The molecule has 19 heavy (non-hydrogen) atoms. The molecule has 0 aromatic carbocycles. The van der Waals surface area contributed by atoms with Crippen molar-refractivity contribution < 1.29 is 0 Å². The zero-order valence-electron chi connectivity index (χ0n) is 13.3. The van der Waals surface area contributed by atoms with Gasteiger partial charge < -0.3 is 10.2 Å². The summed E-state index contributed by atoms with van der Waals surface area (Å²) in [6, 6.07) is 0.782. The van der Waals surface area contributed by atoms with Gasteiger partial charge in [0.15, 0.2) is 0 Å². The predicted octanol–water partition coefficient (Wildman–Crippen LogP) is 3.52. The Balaban J connectivity index is 1.88. The lowest BCUT2D eigenvalue weighted by molar-refractivity contribution is 0.108. The van der Waals surface area contributed by atoms with Crippen LogP contribution in [0.4, 0.5) is 0 Å². The number of nitrogens with one attached hydrogen (secondary N) is 1. The van der Waals surface area contributed by atoms with Gasteiger partial charge >= 0.3 is 0 Å². The van der Waals surface area contributed by atoms with Crippen molar-refractivity contribution in [1.29, 1.82) is 0 Å². The number of hydrogen-bond donors (Lipinski definition) is 1. The highest BCUT2D eigenvalue weighted by molar-refractivity contribution is 4.87. The Hall–Kier alpha value is -0.0800. The lowest BCUT2D eigenvalue weighted by Crippen LogP contribution is -2.47. The van der Waals surface area contributed by atoms with E-state index in [-0.39, 0.29) is 0 Å². The van der Waals surface area contributed by atoms with E-state index in [2.05, 4.69) is 31.0 Å². The fourth-order valence-electron chi connectivity index (χ4n) is 4.25. The van der Waals surface area contributed by atoms with Crippen molar-refractivity contribution in [2.75, 3.05) is 26.2 Å².